The largest absolute Gasteiger partial charge is 0.462 e. The lowest BCUT2D eigenvalue weighted by Gasteiger charge is -2.25. The molecule has 0 fully saturated rings. The maximum atomic E-state index is 12.4. The van der Waals surface area contributed by atoms with Gasteiger partial charge in [0.2, 0.25) is 11.8 Å². The molecule has 9 heteroatoms. The van der Waals surface area contributed by atoms with E-state index in [2.05, 4.69) is 16.7 Å². The Morgan fingerprint density at radius 2 is 1.91 bits per heavy atom. The van der Waals surface area contributed by atoms with Gasteiger partial charge in [-0.3, -0.25) is 9.59 Å². The normalized spacial score (nSPS) is 15.5. The molecule has 0 radical (unpaired) electrons. The predicted molar refractivity (Wildman–Crippen MR) is 123 cm³/mol. The van der Waals surface area contributed by atoms with Gasteiger partial charge in [-0.1, -0.05) is 35.5 Å². The Morgan fingerprint density at radius 1 is 1.22 bits per heavy atom. The van der Waals surface area contributed by atoms with E-state index in [0.717, 1.165) is 17.3 Å². The summed E-state index contributed by atoms with van der Waals surface area (Å²) in [4.78, 5) is 36.3. The number of anilines is 1. The van der Waals surface area contributed by atoms with Crippen LogP contribution in [-0.2, 0) is 14.3 Å². The van der Waals surface area contributed by atoms with Crippen molar-refractivity contribution in [2.45, 2.75) is 19.3 Å². The highest BCUT2D eigenvalue weighted by molar-refractivity contribution is 8.03. The van der Waals surface area contributed by atoms with E-state index in [1.807, 2.05) is 0 Å². The van der Waals surface area contributed by atoms with Crippen LogP contribution in [0.2, 0.25) is 5.02 Å². The van der Waals surface area contributed by atoms with Crippen LogP contribution >= 0.6 is 23.4 Å². The topological polar surface area (TPSA) is 108 Å². The highest BCUT2D eigenvalue weighted by Crippen LogP contribution is 2.36. The van der Waals surface area contributed by atoms with E-state index in [0.29, 0.717) is 26.9 Å². The number of nitriles is 1. The molecular formula is C23H20ClN3O4S. The van der Waals surface area contributed by atoms with Gasteiger partial charge in [0.05, 0.1) is 34.6 Å². The summed E-state index contributed by atoms with van der Waals surface area (Å²) >= 11 is 7.03. The molecule has 2 aromatic rings. The minimum atomic E-state index is -0.430. The molecular weight excluding hydrogens is 450 g/mol. The fourth-order valence-corrected chi connectivity index (χ4v) is 4.15. The van der Waals surface area contributed by atoms with E-state index in [1.54, 1.807) is 55.5 Å². The molecule has 2 N–H and O–H groups in total. The minimum absolute atomic E-state index is 0.00619. The summed E-state index contributed by atoms with van der Waals surface area (Å²) in [5.74, 6) is -1.37. The van der Waals surface area contributed by atoms with E-state index < -0.39 is 11.9 Å². The van der Waals surface area contributed by atoms with Crippen molar-refractivity contribution in [1.29, 1.82) is 5.26 Å². The maximum Gasteiger partial charge on any atom is 0.338 e. The van der Waals surface area contributed by atoms with Gasteiger partial charge in [0.15, 0.2) is 0 Å². The third-order valence-corrected chi connectivity index (χ3v) is 5.92. The lowest BCUT2D eigenvalue weighted by molar-refractivity contribution is -0.121. The number of ether oxygens (including phenoxy) is 1. The first-order chi connectivity index (χ1) is 15.4. The van der Waals surface area contributed by atoms with Crippen LogP contribution in [0.5, 0.6) is 0 Å². The van der Waals surface area contributed by atoms with E-state index in [9.17, 15) is 19.6 Å². The first-order valence-corrected chi connectivity index (χ1v) is 11.2. The predicted octanol–water partition coefficient (Wildman–Crippen LogP) is 4.23. The number of esters is 1. The number of halogens is 1. The zero-order valence-corrected chi connectivity index (χ0v) is 18.8. The number of amides is 2. The van der Waals surface area contributed by atoms with E-state index >= 15 is 0 Å². The number of rotatable bonds is 7. The van der Waals surface area contributed by atoms with Gasteiger partial charge >= 0.3 is 5.97 Å². The van der Waals surface area contributed by atoms with Gasteiger partial charge in [0.1, 0.15) is 0 Å². The molecule has 0 aliphatic carbocycles. The van der Waals surface area contributed by atoms with Crippen molar-refractivity contribution in [1.82, 2.24) is 5.32 Å². The van der Waals surface area contributed by atoms with Crippen LogP contribution < -0.4 is 10.6 Å². The molecule has 1 aliphatic rings. The van der Waals surface area contributed by atoms with E-state index in [1.165, 1.54) is 0 Å². The molecule has 0 spiro atoms. The molecule has 2 amide bonds. The molecule has 32 heavy (non-hydrogen) atoms. The Morgan fingerprint density at radius 3 is 2.53 bits per heavy atom. The van der Waals surface area contributed by atoms with Gasteiger partial charge in [-0.05, 0) is 48.9 Å². The van der Waals surface area contributed by atoms with Crippen LogP contribution in [0.15, 0.2) is 59.1 Å². The smallest absolute Gasteiger partial charge is 0.338 e. The molecule has 3 rings (SSSR count). The van der Waals surface area contributed by atoms with Crippen LogP contribution in [0, 0.1) is 11.3 Å². The zero-order valence-electron chi connectivity index (χ0n) is 17.2. The van der Waals surface area contributed by atoms with Crippen LogP contribution in [0.1, 0.15) is 35.2 Å². The number of carbonyl (C=O) groups excluding carboxylic acids is 3. The highest BCUT2D eigenvalue weighted by Gasteiger charge is 2.29. The van der Waals surface area contributed by atoms with Gasteiger partial charge in [-0.2, -0.15) is 5.26 Å². The average Bonchev–Trinajstić information content (AvgIpc) is 2.78. The summed E-state index contributed by atoms with van der Waals surface area (Å²) in [6.07, 6.45) is 0.146. The molecule has 1 unspecified atom stereocenters. The lowest BCUT2D eigenvalue weighted by atomic mass is 9.87. The summed E-state index contributed by atoms with van der Waals surface area (Å²) in [6.45, 7) is 2.01. The fourth-order valence-electron chi connectivity index (χ4n) is 3.15. The van der Waals surface area contributed by atoms with Crippen molar-refractivity contribution in [2.75, 3.05) is 17.7 Å². The third kappa shape index (κ3) is 5.90. The zero-order chi connectivity index (χ0) is 23.1. The number of nitrogens with one attached hydrogen (secondary N) is 2. The summed E-state index contributed by atoms with van der Waals surface area (Å²) < 4.78 is 4.93. The van der Waals surface area contributed by atoms with Crippen LogP contribution in [0.4, 0.5) is 5.69 Å². The quantitative estimate of drug-likeness (QED) is 0.587. The summed E-state index contributed by atoms with van der Waals surface area (Å²) in [6, 6.07) is 15.5. The Kier molecular flexibility index (Phi) is 7.92. The summed E-state index contributed by atoms with van der Waals surface area (Å²) in [5.41, 5.74) is 2.12. The molecule has 7 nitrogen and oxygen atoms in total. The third-order valence-electron chi connectivity index (χ3n) is 4.66. The van der Waals surface area contributed by atoms with Gasteiger partial charge in [0, 0.05) is 23.0 Å². The van der Waals surface area contributed by atoms with Crippen molar-refractivity contribution < 1.29 is 19.1 Å². The van der Waals surface area contributed by atoms with Crippen molar-refractivity contribution >= 4 is 46.8 Å². The lowest BCUT2D eigenvalue weighted by Crippen LogP contribution is -2.31. The highest BCUT2D eigenvalue weighted by atomic mass is 35.5. The SMILES string of the molecule is CCOC(=O)c1ccc(NC(=O)CSC2=C(C#N)C(c3ccc(Cl)cc3)CC(=O)N2)cc1. The van der Waals surface area contributed by atoms with Crippen molar-refractivity contribution in [3.05, 3.63) is 75.3 Å². The molecule has 0 bridgehead atoms. The Labute approximate surface area is 194 Å². The number of benzene rings is 2. The second kappa shape index (κ2) is 10.8. The second-order valence-electron chi connectivity index (χ2n) is 6.85. The molecule has 1 heterocycles. The number of hydrogen-bond donors (Lipinski definition) is 2. The Hall–Kier alpha value is -3.28. The molecule has 0 aromatic heterocycles. The first-order valence-electron chi connectivity index (χ1n) is 9.80. The minimum Gasteiger partial charge on any atom is -0.462 e. The molecule has 0 saturated heterocycles. The average molecular weight is 470 g/mol. The number of hydrogen-bond acceptors (Lipinski definition) is 6. The second-order valence-corrected chi connectivity index (χ2v) is 8.27. The number of carbonyl (C=O) groups is 3. The van der Waals surface area contributed by atoms with E-state index in [4.69, 9.17) is 16.3 Å². The molecule has 2 aromatic carbocycles. The van der Waals surface area contributed by atoms with Crippen LogP contribution in [0.3, 0.4) is 0 Å². The first kappa shape index (κ1) is 23.4. The molecule has 1 aliphatic heterocycles. The molecule has 1 atom stereocenters. The van der Waals surface area contributed by atoms with E-state index in [-0.39, 0.29) is 30.6 Å². The monoisotopic (exact) mass is 469 g/mol. The number of thioether (sulfide) groups is 1. The van der Waals surface area contributed by atoms with Crippen molar-refractivity contribution in [2.24, 2.45) is 0 Å². The molecule has 0 saturated carbocycles. The van der Waals surface area contributed by atoms with Crippen molar-refractivity contribution in [3.8, 4) is 6.07 Å². The maximum absolute atomic E-state index is 12.4. The Bertz CT molecular complexity index is 1090. The van der Waals surface area contributed by atoms with Crippen LogP contribution in [0.25, 0.3) is 0 Å². The summed E-state index contributed by atoms with van der Waals surface area (Å²) in [7, 11) is 0. The van der Waals surface area contributed by atoms with Gasteiger partial charge in [0.25, 0.3) is 0 Å². The van der Waals surface area contributed by atoms with Gasteiger partial charge < -0.3 is 15.4 Å². The Balaban J connectivity index is 1.67. The number of nitrogens with zero attached hydrogens (tertiary/aromatic N) is 1. The van der Waals surface area contributed by atoms with Crippen LogP contribution in [-0.4, -0.2) is 30.1 Å². The van der Waals surface area contributed by atoms with Crippen molar-refractivity contribution in [3.63, 3.8) is 0 Å². The molecule has 164 valence electrons. The van der Waals surface area contributed by atoms with Gasteiger partial charge in [-0.15, -0.1) is 0 Å². The number of allylic oxidation sites excluding steroid dienone is 1. The standard InChI is InChI=1S/C23H20ClN3O4S/c1-2-31-23(30)15-5-9-17(10-6-15)26-21(29)13-32-22-19(12-25)18(11-20(28)27-22)14-3-7-16(24)8-4-14/h3-10,18H,2,11,13H2,1H3,(H,26,29)(H,27,28). The summed E-state index contributed by atoms with van der Waals surface area (Å²) in [5, 5.41) is 16.1. The fraction of sp³-hybridized carbons (Fsp3) is 0.217. The van der Waals surface area contributed by atoms with Gasteiger partial charge in [-0.25, -0.2) is 4.79 Å².